The first kappa shape index (κ1) is 18.8. The molecule has 0 aromatic carbocycles. The van der Waals surface area contributed by atoms with Crippen molar-refractivity contribution in [3.63, 3.8) is 0 Å². The molecule has 0 radical (unpaired) electrons. The SMILES string of the molecule is CCCC(=O)OC12CC3CC(CC(CC(=O)N4CC(C)CC4C#N)(C3)C1)C2. The lowest BCUT2D eigenvalue weighted by Gasteiger charge is -2.61. The molecule has 5 rings (SSSR count). The van der Waals surface area contributed by atoms with Gasteiger partial charge in [0.05, 0.1) is 6.07 Å². The summed E-state index contributed by atoms with van der Waals surface area (Å²) in [5.74, 6) is 1.63. The molecule has 5 heteroatoms. The van der Waals surface area contributed by atoms with Crippen LogP contribution in [0.4, 0.5) is 0 Å². The number of amides is 1. The molecule has 4 atom stereocenters. The molecule has 1 saturated heterocycles. The molecule has 1 amide bonds. The number of hydrogen-bond acceptors (Lipinski definition) is 4. The zero-order chi connectivity index (χ0) is 19.2. The van der Waals surface area contributed by atoms with Gasteiger partial charge >= 0.3 is 5.97 Å². The minimum Gasteiger partial charge on any atom is -0.459 e. The molecule has 4 bridgehead atoms. The predicted molar refractivity (Wildman–Crippen MR) is 100 cm³/mol. The zero-order valence-electron chi connectivity index (χ0n) is 16.7. The molecule has 1 aliphatic heterocycles. The van der Waals surface area contributed by atoms with Crippen LogP contribution in [-0.4, -0.2) is 35.0 Å². The van der Waals surface area contributed by atoms with Crippen LogP contribution in [0.5, 0.6) is 0 Å². The van der Waals surface area contributed by atoms with Crippen LogP contribution in [0, 0.1) is 34.5 Å². The van der Waals surface area contributed by atoms with Crippen LogP contribution in [-0.2, 0) is 14.3 Å². The highest BCUT2D eigenvalue weighted by Gasteiger charge is 2.60. The van der Waals surface area contributed by atoms with Crippen molar-refractivity contribution in [2.24, 2.45) is 23.2 Å². The summed E-state index contributed by atoms with van der Waals surface area (Å²) in [4.78, 5) is 27.2. The average molecular weight is 373 g/mol. The van der Waals surface area contributed by atoms with Gasteiger partial charge in [-0.2, -0.15) is 5.26 Å². The third-order valence-electron chi connectivity index (χ3n) is 7.42. The first-order valence-electron chi connectivity index (χ1n) is 10.8. The molecule has 0 N–H and O–H groups in total. The lowest BCUT2D eigenvalue weighted by molar-refractivity contribution is -0.203. The number of esters is 1. The van der Waals surface area contributed by atoms with E-state index >= 15 is 0 Å². The molecule has 4 saturated carbocycles. The lowest BCUT2D eigenvalue weighted by Crippen LogP contribution is -2.58. The molecule has 5 nitrogen and oxygen atoms in total. The number of likely N-dealkylation sites (tertiary alicyclic amines) is 1. The molecule has 5 aliphatic rings. The summed E-state index contributed by atoms with van der Waals surface area (Å²) in [7, 11) is 0. The summed E-state index contributed by atoms with van der Waals surface area (Å²) in [6.45, 7) is 4.82. The monoisotopic (exact) mass is 372 g/mol. The Kier molecular flexibility index (Phi) is 4.72. The highest BCUT2D eigenvalue weighted by molar-refractivity contribution is 5.78. The summed E-state index contributed by atoms with van der Waals surface area (Å²) in [6, 6.07) is 2.05. The Morgan fingerprint density at radius 1 is 1.19 bits per heavy atom. The topological polar surface area (TPSA) is 70.4 Å². The Morgan fingerprint density at radius 2 is 1.89 bits per heavy atom. The van der Waals surface area contributed by atoms with E-state index in [1.54, 1.807) is 0 Å². The number of hydrogen-bond donors (Lipinski definition) is 0. The maximum Gasteiger partial charge on any atom is 0.306 e. The summed E-state index contributed by atoms with van der Waals surface area (Å²) >= 11 is 0. The number of nitrogens with zero attached hydrogens (tertiary/aromatic N) is 2. The Balaban J connectivity index is 1.50. The quantitative estimate of drug-likeness (QED) is 0.688. The van der Waals surface area contributed by atoms with Crippen molar-refractivity contribution in [3.05, 3.63) is 0 Å². The van der Waals surface area contributed by atoms with Gasteiger partial charge in [-0.25, -0.2) is 0 Å². The third-order valence-corrected chi connectivity index (χ3v) is 7.42. The smallest absolute Gasteiger partial charge is 0.306 e. The zero-order valence-corrected chi connectivity index (χ0v) is 16.7. The van der Waals surface area contributed by atoms with Crippen LogP contribution in [0.3, 0.4) is 0 Å². The van der Waals surface area contributed by atoms with E-state index in [2.05, 4.69) is 13.0 Å². The second kappa shape index (κ2) is 6.79. The molecular formula is C22H32N2O3. The number of ether oxygens (including phenoxy) is 1. The molecule has 0 spiro atoms. The fourth-order valence-electron chi connectivity index (χ4n) is 7.05. The van der Waals surface area contributed by atoms with Crippen LogP contribution >= 0.6 is 0 Å². The Morgan fingerprint density at radius 3 is 2.52 bits per heavy atom. The van der Waals surface area contributed by atoms with Gasteiger partial charge in [0.15, 0.2) is 0 Å². The Hall–Kier alpha value is -1.57. The van der Waals surface area contributed by atoms with Gasteiger partial charge in [0.25, 0.3) is 0 Å². The fourth-order valence-corrected chi connectivity index (χ4v) is 7.05. The van der Waals surface area contributed by atoms with E-state index < -0.39 is 0 Å². The summed E-state index contributed by atoms with van der Waals surface area (Å²) < 4.78 is 6.07. The van der Waals surface area contributed by atoms with E-state index in [1.807, 2.05) is 11.8 Å². The molecule has 1 heterocycles. The van der Waals surface area contributed by atoms with Gasteiger partial charge in [-0.05, 0) is 74.5 Å². The van der Waals surface area contributed by atoms with E-state index in [1.165, 1.54) is 6.42 Å². The van der Waals surface area contributed by atoms with Gasteiger partial charge in [-0.1, -0.05) is 13.8 Å². The predicted octanol–water partition coefficient (Wildman–Crippen LogP) is 3.82. The normalized spacial score (nSPS) is 42.2. The van der Waals surface area contributed by atoms with Gasteiger partial charge in [0.2, 0.25) is 5.91 Å². The molecular weight excluding hydrogens is 340 g/mol. The summed E-state index contributed by atoms with van der Waals surface area (Å²) in [5, 5.41) is 9.42. The van der Waals surface area contributed by atoms with E-state index in [4.69, 9.17) is 4.74 Å². The number of rotatable bonds is 5. The van der Waals surface area contributed by atoms with Gasteiger partial charge < -0.3 is 9.64 Å². The van der Waals surface area contributed by atoms with Crippen LogP contribution in [0.15, 0.2) is 0 Å². The van der Waals surface area contributed by atoms with E-state index in [0.717, 1.165) is 44.9 Å². The van der Waals surface area contributed by atoms with Crippen molar-refractivity contribution < 1.29 is 14.3 Å². The summed E-state index contributed by atoms with van der Waals surface area (Å²) in [5.41, 5.74) is -0.358. The Bertz CT molecular complexity index is 653. The first-order valence-corrected chi connectivity index (χ1v) is 10.8. The molecule has 0 aromatic rings. The first-order chi connectivity index (χ1) is 12.9. The standard InChI is InChI=1S/C22H32N2O3/c1-3-4-20(26)27-22-9-16-6-17(10-22)8-21(7-16,14-22)11-19(25)24-13-15(2)5-18(24)12-23/h15-18H,3-11,13-14H2,1-2H3. The molecule has 5 fully saturated rings. The molecule has 4 unspecified atom stereocenters. The Labute approximate surface area is 162 Å². The minimum atomic E-state index is -0.330. The fraction of sp³-hybridized carbons (Fsp3) is 0.864. The average Bonchev–Trinajstić information content (AvgIpc) is 2.94. The molecule has 148 valence electrons. The van der Waals surface area contributed by atoms with Crippen LogP contribution in [0.2, 0.25) is 0 Å². The number of carbonyl (C=O) groups excluding carboxylic acids is 2. The van der Waals surface area contributed by atoms with Gasteiger partial charge in [0.1, 0.15) is 11.6 Å². The van der Waals surface area contributed by atoms with Crippen LogP contribution in [0.25, 0.3) is 0 Å². The van der Waals surface area contributed by atoms with Gasteiger partial charge in [-0.15, -0.1) is 0 Å². The van der Waals surface area contributed by atoms with Gasteiger partial charge in [-0.3, -0.25) is 9.59 Å². The molecule has 0 aromatic heterocycles. The van der Waals surface area contributed by atoms with Crippen molar-refractivity contribution >= 4 is 11.9 Å². The van der Waals surface area contributed by atoms with Crippen molar-refractivity contribution in [1.82, 2.24) is 4.90 Å². The van der Waals surface area contributed by atoms with Gasteiger partial charge in [0, 0.05) is 19.4 Å². The van der Waals surface area contributed by atoms with Crippen molar-refractivity contribution in [2.45, 2.75) is 89.7 Å². The largest absolute Gasteiger partial charge is 0.459 e. The maximum atomic E-state index is 13.1. The molecule has 27 heavy (non-hydrogen) atoms. The van der Waals surface area contributed by atoms with Crippen LogP contribution < -0.4 is 0 Å². The number of carbonyl (C=O) groups is 2. The van der Waals surface area contributed by atoms with Crippen molar-refractivity contribution in [3.8, 4) is 6.07 Å². The van der Waals surface area contributed by atoms with E-state index in [9.17, 15) is 14.9 Å². The molecule has 4 aliphatic carbocycles. The van der Waals surface area contributed by atoms with Crippen molar-refractivity contribution in [1.29, 1.82) is 5.26 Å². The van der Waals surface area contributed by atoms with E-state index in [0.29, 0.717) is 37.1 Å². The van der Waals surface area contributed by atoms with Crippen molar-refractivity contribution in [2.75, 3.05) is 6.54 Å². The highest BCUT2D eigenvalue weighted by Crippen LogP contribution is 2.64. The second-order valence-electron chi connectivity index (χ2n) is 10.1. The van der Waals surface area contributed by atoms with Crippen LogP contribution in [0.1, 0.15) is 78.1 Å². The van der Waals surface area contributed by atoms with E-state index in [-0.39, 0.29) is 28.9 Å². The maximum absolute atomic E-state index is 13.1. The highest BCUT2D eigenvalue weighted by atomic mass is 16.6. The third kappa shape index (κ3) is 3.48. The number of nitriles is 1. The summed E-state index contributed by atoms with van der Waals surface area (Å²) in [6.07, 6.45) is 8.82. The minimum absolute atomic E-state index is 0.0283. The lowest BCUT2D eigenvalue weighted by atomic mass is 9.47. The second-order valence-corrected chi connectivity index (χ2v) is 10.1.